The summed E-state index contributed by atoms with van der Waals surface area (Å²) in [6, 6.07) is 13.2. The van der Waals surface area contributed by atoms with E-state index in [0.717, 1.165) is 79.4 Å². The van der Waals surface area contributed by atoms with Crippen LogP contribution >= 0.6 is 0 Å². The summed E-state index contributed by atoms with van der Waals surface area (Å²) in [5.74, 6) is 3.17. The highest BCUT2D eigenvalue weighted by Crippen LogP contribution is 2.37. The Bertz CT molecular complexity index is 1690. The van der Waals surface area contributed by atoms with Gasteiger partial charge in [0, 0.05) is 99.9 Å². The topological polar surface area (TPSA) is 95.9 Å². The Morgan fingerprint density at radius 2 is 1.76 bits per heavy atom. The number of nitrogens with one attached hydrogen (secondary N) is 1. The second-order valence-electron chi connectivity index (χ2n) is 12.5. The Morgan fingerprint density at radius 1 is 1.04 bits per heavy atom. The van der Waals surface area contributed by atoms with E-state index in [0.29, 0.717) is 30.1 Å². The predicted octanol–water partition coefficient (Wildman–Crippen LogP) is 4.64. The highest BCUT2D eigenvalue weighted by Gasteiger charge is 2.30. The first-order valence-corrected chi connectivity index (χ1v) is 15.9. The molecule has 0 saturated carbocycles. The number of nitrogens with zero attached hydrogens (tertiary/aromatic N) is 5. The number of hydrogen-bond donors (Lipinski definition) is 1. The van der Waals surface area contributed by atoms with Gasteiger partial charge in [-0.05, 0) is 56.4 Å². The monoisotopic (exact) mass is 612 g/mol. The van der Waals surface area contributed by atoms with Crippen LogP contribution in [-0.4, -0.2) is 88.8 Å². The van der Waals surface area contributed by atoms with Crippen LogP contribution in [0.5, 0.6) is 11.5 Å². The van der Waals surface area contributed by atoms with Crippen molar-refractivity contribution in [3.05, 3.63) is 70.9 Å². The minimum Gasteiger partial charge on any atom is -0.496 e. The van der Waals surface area contributed by atoms with Crippen LogP contribution in [0.15, 0.2) is 59.8 Å². The fraction of sp³-hybridized carbons (Fsp3) is 0.457. The van der Waals surface area contributed by atoms with Gasteiger partial charge < -0.3 is 28.8 Å². The molecule has 1 amide bonds. The largest absolute Gasteiger partial charge is 0.496 e. The maximum absolute atomic E-state index is 12.5. The standard InChI is InChI=1S/C35H44N6O4/c1-23-20-40(25(3)42)21-24(2)41(23)16-17-45-28-8-6-26(7-9-28)27-11-14-39(15-12-27)33-18-32(44-5)30(19-37-33)31-22-38(4)35(43)34-29(31)10-13-36-34/h6-10,13,18-19,22-24,27,36H,11-12,14-17,20-21H2,1-5H3/t23-,24+. The van der Waals surface area contributed by atoms with Crippen LogP contribution in [0.4, 0.5) is 5.82 Å². The van der Waals surface area contributed by atoms with Crippen molar-refractivity contribution in [3.63, 3.8) is 0 Å². The number of ether oxygens (including phenoxy) is 2. The molecular formula is C35H44N6O4. The number of aromatic amines is 1. The molecule has 2 atom stereocenters. The summed E-state index contributed by atoms with van der Waals surface area (Å²) < 4.78 is 13.5. The number of amides is 1. The molecule has 0 unspecified atom stereocenters. The summed E-state index contributed by atoms with van der Waals surface area (Å²) in [6.07, 6.45) is 7.58. The van der Waals surface area contributed by atoms with E-state index in [4.69, 9.17) is 14.5 Å². The SMILES string of the molecule is COc1cc(N2CCC(c3ccc(OCCN4[C@H](C)CN(C(C)=O)C[C@@H]4C)cc3)CC2)ncc1-c1cn(C)c(=O)c2[nH]ccc12. The maximum Gasteiger partial charge on any atom is 0.274 e. The van der Waals surface area contributed by atoms with Crippen LogP contribution in [0.25, 0.3) is 22.0 Å². The van der Waals surface area contributed by atoms with E-state index < -0.39 is 0 Å². The molecule has 1 N–H and O–H groups in total. The molecule has 2 saturated heterocycles. The fourth-order valence-electron chi connectivity index (χ4n) is 7.06. The number of fused-ring (bicyclic) bond motifs is 1. The number of methoxy groups -OCH3 is 1. The van der Waals surface area contributed by atoms with Crippen LogP contribution in [0, 0.1) is 0 Å². The number of pyridine rings is 2. The summed E-state index contributed by atoms with van der Waals surface area (Å²) in [4.78, 5) is 38.9. The molecule has 2 aliphatic heterocycles. The molecule has 0 aliphatic carbocycles. The highest BCUT2D eigenvalue weighted by atomic mass is 16.5. The van der Waals surface area contributed by atoms with E-state index in [1.54, 1.807) is 31.8 Å². The first-order valence-electron chi connectivity index (χ1n) is 15.9. The Hall–Kier alpha value is -4.31. The van der Waals surface area contributed by atoms with E-state index in [-0.39, 0.29) is 11.5 Å². The van der Waals surface area contributed by atoms with Crippen LogP contribution in [-0.2, 0) is 11.8 Å². The Labute approximate surface area is 264 Å². The van der Waals surface area contributed by atoms with Gasteiger partial charge in [0.05, 0.1) is 7.11 Å². The summed E-state index contributed by atoms with van der Waals surface area (Å²) >= 11 is 0. The second-order valence-corrected chi connectivity index (χ2v) is 12.5. The molecular weight excluding hydrogens is 568 g/mol. The third-order valence-electron chi connectivity index (χ3n) is 9.59. The average molecular weight is 613 g/mol. The van der Waals surface area contributed by atoms with Gasteiger partial charge in [0.15, 0.2) is 0 Å². The molecule has 10 heteroatoms. The number of rotatable bonds is 8. The van der Waals surface area contributed by atoms with Crippen LogP contribution in [0.1, 0.15) is 45.1 Å². The number of carbonyl (C=O) groups excluding carboxylic acids is 1. The lowest BCUT2D eigenvalue weighted by Crippen LogP contribution is -2.58. The molecule has 0 spiro atoms. The van der Waals surface area contributed by atoms with Crippen molar-refractivity contribution in [2.45, 2.75) is 51.6 Å². The lowest BCUT2D eigenvalue weighted by Gasteiger charge is -2.44. The van der Waals surface area contributed by atoms with Gasteiger partial charge in [-0.15, -0.1) is 0 Å². The predicted molar refractivity (Wildman–Crippen MR) is 177 cm³/mol. The van der Waals surface area contributed by atoms with Gasteiger partial charge >= 0.3 is 0 Å². The molecule has 0 bridgehead atoms. The number of carbonyl (C=O) groups is 1. The van der Waals surface area contributed by atoms with Crippen LogP contribution < -0.4 is 19.9 Å². The number of piperidine rings is 1. The molecule has 10 nitrogen and oxygen atoms in total. The fourth-order valence-corrected chi connectivity index (χ4v) is 7.06. The van der Waals surface area contributed by atoms with Gasteiger partial charge in [-0.2, -0.15) is 0 Å². The third-order valence-corrected chi connectivity index (χ3v) is 9.59. The van der Waals surface area contributed by atoms with E-state index in [9.17, 15) is 9.59 Å². The van der Waals surface area contributed by atoms with Crippen molar-refractivity contribution < 1.29 is 14.3 Å². The molecule has 5 heterocycles. The van der Waals surface area contributed by atoms with Crippen molar-refractivity contribution in [2.24, 2.45) is 7.05 Å². The molecule has 4 aromatic rings. The number of piperazine rings is 1. The van der Waals surface area contributed by atoms with E-state index in [2.05, 4.69) is 52.9 Å². The van der Waals surface area contributed by atoms with E-state index in [1.165, 1.54) is 5.56 Å². The lowest BCUT2D eigenvalue weighted by atomic mass is 9.89. The quantitative estimate of drug-likeness (QED) is 0.310. The minimum atomic E-state index is -0.0614. The van der Waals surface area contributed by atoms with Crippen molar-refractivity contribution in [1.82, 2.24) is 24.3 Å². The number of aromatic nitrogens is 3. The van der Waals surface area contributed by atoms with Gasteiger partial charge in [0.1, 0.15) is 29.4 Å². The third kappa shape index (κ3) is 6.29. The molecule has 3 aromatic heterocycles. The minimum absolute atomic E-state index is 0.0614. The zero-order chi connectivity index (χ0) is 31.7. The van der Waals surface area contributed by atoms with Crippen molar-refractivity contribution >= 4 is 22.6 Å². The average Bonchev–Trinajstić information content (AvgIpc) is 3.55. The number of anilines is 1. The summed E-state index contributed by atoms with van der Waals surface area (Å²) in [7, 11) is 3.43. The van der Waals surface area contributed by atoms with Crippen LogP contribution in [0.3, 0.4) is 0 Å². The molecule has 1 aromatic carbocycles. The molecule has 238 valence electrons. The smallest absolute Gasteiger partial charge is 0.274 e. The second kappa shape index (κ2) is 13.0. The zero-order valence-corrected chi connectivity index (χ0v) is 27.0. The van der Waals surface area contributed by atoms with Gasteiger partial charge in [-0.25, -0.2) is 4.98 Å². The Kier molecular flexibility index (Phi) is 8.85. The van der Waals surface area contributed by atoms with E-state index >= 15 is 0 Å². The molecule has 6 rings (SSSR count). The molecule has 2 fully saturated rings. The van der Waals surface area contributed by atoms with Crippen molar-refractivity contribution in [2.75, 3.05) is 51.3 Å². The van der Waals surface area contributed by atoms with Crippen LogP contribution in [0.2, 0.25) is 0 Å². The Balaban J connectivity index is 1.04. The van der Waals surface area contributed by atoms with Crippen molar-refractivity contribution in [1.29, 1.82) is 0 Å². The van der Waals surface area contributed by atoms with Gasteiger partial charge in [-0.1, -0.05) is 12.1 Å². The number of benzene rings is 1. The number of hydrogen-bond acceptors (Lipinski definition) is 7. The highest BCUT2D eigenvalue weighted by molar-refractivity contribution is 5.95. The molecule has 0 radical (unpaired) electrons. The normalized spacial score (nSPS) is 19.7. The van der Waals surface area contributed by atoms with Gasteiger partial charge in [-0.3, -0.25) is 14.5 Å². The summed E-state index contributed by atoms with van der Waals surface area (Å²) in [6.45, 7) is 10.9. The first kappa shape index (κ1) is 30.7. The maximum atomic E-state index is 12.5. The summed E-state index contributed by atoms with van der Waals surface area (Å²) in [5.41, 5.74) is 3.63. The molecule has 2 aliphatic rings. The number of aryl methyl sites for hydroxylation is 1. The zero-order valence-electron chi connectivity index (χ0n) is 27.0. The lowest BCUT2D eigenvalue weighted by molar-refractivity contribution is -0.133. The van der Waals surface area contributed by atoms with Gasteiger partial charge in [0.2, 0.25) is 5.91 Å². The first-order chi connectivity index (χ1) is 21.7. The molecule has 45 heavy (non-hydrogen) atoms. The summed E-state index contributed by atoms with van der Waals surface area (Å²) in [5, 5.41) is 0.858. The Morgan fingerprint density at radius 3 is 2.42 bits per heavy atom. The van der Waals surface area contributed by atoms with Crippen molar-refractivity contribution in [3.8, 4) is 22.6 Å². The van der Waals surface area contributed by atoms with Gasteiger partial charge in [0.25, 0.3) is 5.56 Å². The number of H-pyrrole nitrogens is 1. The van der Waals surface area contributed by atoms with E-state index in [1.807, 2.05) is 29.4 Å².